The summed E-state index contributed by atoms with van der Waals surface area (Å²) in [6.45, 7) is 2.84. The van der Waals surface area contributed by atoms with Gasteiger partial charge in [-0.15, -0.1) is 0 Å². The Kier molecular flexibility index (Phi) is 6.21. The Hall–Kier alpha value is -1.38. The van der Waals surface area contributed by atoms with E-state index in [2.05, 4.69) is 17.4 Å². The second-order valence-electron chi connectivity index (χ2n) is 5.13. The second kappa shape index (κ2) is 8.16. The van der Waals surface area contributed by atoms with Gasteiger partial charge in [-0.05, 0) is 37.4 Å². The summed E-state index contributed by atoms with van der Waals surface area (Å²) in [4.78, 5) is 0. The summed E-state index contributed by atoms with van der Waals surface area (Å²) in [5.41, 5.74) is 1.98. The number of benzene rings is 2. The highest BCUT2D eigenvalue weighted by Crippen LogP contribution is 2.26. The maximum Gasteiger partial charge on any atom is 0.146 e. The van der Waals surface area contributed by atoms with E-state index >= 15 is 0 Å². The average molecular weight is 306 g/mol. The molecule has 0 spiro atoms. The topological polar surface area (TPSA) is 12.0 Å². The molecule has 1 atom stereocenters. The molecule has 0 amide bonds. The molecule has 0 aliphatic rings. The third-order valence-electron chi connectivity index (χ3n) is 3.61. The third-order valence-corrected chi connectivity index (χ3v) is 3.90. The zero-order chi connectivity index (χ0) is 15.1. The second-order valence-corrected chi connectivity index (χ2v) is 5.54. The van der Waals surface area contributed by atoms with E-state index in [0.717, 1.165) is 25.8 Å². The van der Waals surface area contributed by atoms with E-state index < -0.39 is 0 Å². The number of nitrogens with one attached hydrogen (secondary N) is 1. The average Bonchev–Trinajstić information content (AvgIpc) is 2.50. The highest BCUT2D eigenvalue weighted by molar-refractivity contribution is 6.30. The first-order valence-corrected chi connectivity index (χ1v) is 7.81. The molecule has 3 heteroatoms. The van der Waals surface area contributed by atoms with Crippen LogP contribution in [0.15, 0.2) is 48.5 Å². The van der Waals surface area contributed by atoms with E-state index in [0.29, 0.717) is 5.56 Å². The van der Waals surface area contributed by atoms with Crippen molar-refractivity contribution in [1.82, 2.24) is 5.32 Å². The SMILES string of the molecule is CCNC(CCCc1ccccc1)c1cccc(Cl)c1F. The Morgan fingerprint density at radius 3 is 2.57 bits per heavy atom. The van der Waals surface area contributed by atoms with Gasteiger partial charge in [-0.1, -0.05) is 61.0 Å². The molecule has 2 aromatic carbocycles. The molecule has 0 saturated heterocycles. The van der Waals surface area contributed by atoms with Gasteiger partial charge < -0.3 is 5.32 Å². The van der Waals surface area contributed by atoms with E-state index in [1.165, 1.54) is 5.56 Å². The molecule has 0 radical (unpaired) electrons. The van der Waals surface area contributed by atoms with Gasteiger partial charge in [0.25, 0.3) is 0 Å². The lowest BCUT2D eigenvalue weighted by Gasteiger charge is -2.19. The number of halogens is 2. The van der Waals surface area contributed by atoms with Crippen LogP contribution in [-0.2, 0) is 6.42 Å². The summed E-state index contributed by atoms with van der Waals surface area (Å²) < 4.78 is 14.2. The first kappa shape index (κ1) is 16.0. The van der Waals surface area contributed by atoms with Gasteiger partial charge in [0, 0.05) is 11.6 Å². The van der Waals surface area contributed by atoms with Gasteiger partial charge in [-0.25, -0.2) is 4.39 Å². The molecule has 1 nitrogen and oxygen atoms in total. The monoisotopic (exact) mass is 305 g/mol. The summed E-state index contributed by atoms with van der Waals surface area (Å²) in [6, 6.07) is 15.6. The first-order valence-electron chi connectivity index (χ1n) is 7.43. The minimum atomic E-state index is -0.301. The summed E-state index contributed by atoms with van der Waals surface area (Å²) in [5.74, 6) is -0.301. The zero-order valence-electron chi connectivity index (χ0n) is 12.3. The van der Waals surface area contributed by atoms with Crippen LogP contribution in [0.25, 0.3) is 0 Å². The van der Waals surface area contributed by atoms with E-state index in [1.807, 2.05) is 37.3 Å². The Bertz CT molecular complexity index is 556. The smallest absolute Gasteiger partial charge is 0.146 e. The number of aryl methyl sites for hydroxylation is 1. The van der Waals surface area contributed by atoms with Crippen molar-refractivity contribution in [3.8, 4) is 0 Å². The molecular weight excluding hydrogens is 285 g/mol. The number of hydrogen-bond acceptors (Lipinski definition) is 1. The Morgan fingerprint density at radius 2 is 1.86 bits per heavy atom. The maximum atomic E-state index is 14.2. The molecule has 1 unspecified atom stereocenters. The third kappa shape index (κ3) is 4.55. The van der Waals surface area contributed by atoms with Gasteiger partial charge in [0.2, 0.25) is 0 Å². The lowest BCUT2D eigenvalue weighted by molar-refractivity contribution is 0.473. The van der Waals surface area contributed by atoms with Crippen LogP contribution in [0.5, 0.6) is 0 Å². The molecular formula is C18H21ClFN. The van der Waals surface area contributed by atoms with Crippen molar-refractivity contribution in [3.63, 3.8) is 0 Å². The van der Waals surface area contributed by atoms with Crippen molar-refractivity contribution in [2.45, 2.75) is 32.2 Å². The Balaban J connectivity index is 2.00. The minimum absolute atomic E-state index is 0.0115. The highest BCUT2D eigenvalue weighted by Gasteiger charge is 2.16. The van der Waals surface area contributed by atoms with Crippen LogP contribution < -0.4 is 5.32 Å². The van der Waals surface area contributed by atoms with Crippen molar-refractivity contribution in [2.75, 3.05) is 6.54 Å². The molecule has 2 rings (SSSR count). The van der Waals surface area contributed by atoms with Gasteiger partial charge in [-0.2, -0.15) is 0 Å². The van der Waals surface area contributed by atoms with Gasteiger partial charge in [0.15, 0.2) is 0 Å². The largest absolute Gasteiger partial charge is 0.310 e. The summed E-state index contributed by atoms with van der Waals surface area (Å²) in [5, 5.41) is 3.55. The quantitative estimate of drug-likeness (QED) is 0.745. The molecule has 2 aromatic rings. The molecule has 0 saturated carbocycles. The number of rotatable bonds is 7. The minimum Gasteiger partial charge on any atom is -0.310 e. The standard InChI is InChI=1S/C18H21ClFN/c1-2-21-17(15-11-7-12-16(19)18(15)20)13-6-10-14-8-4-3-5-9-14/h3-5,7-9,11-12,17,21H,2,6,10,13H2,1H3. The normalized spacial score (nSPS) is 12.3. The van der Waals surface area contributed by atoms with Crippen LogP contribution in [0.4, 0.5) is 4.39 Å². The molecule has 0 aliphatic carbocycles. The molecule has 21 heavy (non-hydrogen) atoms. The summed E-state index contributed by atoms with van der Waals surface area (Å²) in [6.07, 6.45) is 2.90. The van der Waals surface area contributed by atoms with Gasteiger partial charge in [0.1, 0.15) is 5.82 Å². The summed E-state index contributed by atoms with van der Waals surface area (Å²) >= 11 is 5.89. The van der Waals surface area contributed by atoms with E-state index in [4.69, 9.17) is 11.6 Å². The van der Waals surface area contributed by atoms with Crippen LogP contribution in [0.1, 0.15) is 36.9 Å². The van der Waals surface area contributed by atoms with Crippen molar-refractivity contribution in [3.05, 3.63) is 70.5 Å². The molecule has 0 bridgehead atoms. The Labute approximate surface area is 131 Å². The van der Waals surface area contributed by atoms with Crippen LogP contribution in [0.2, 0.25) is 5.02 Å². The first-order chi connectivity index (χ1) is 10.2. The maximum absolute atomic E-state index is 14.2. The molecule has 1 N–H and O–H groups in total. The van der Waals surface area contributed by atoms with Crippen LogP contribution >= 0.6 is 11.6 Å². The van der Waals surface area contributed by atoms with Crippen LogP contribution in [-0.4, -0.2) is 6.54 Å². The Morgan fingerprint density at radius 1 is 1.10 bits per heavy atom. The summed E-state index contributed by atoms with van der Waals surface area (Å²) in [7, 11) is 0. The zero-order valence-corrected chi connectivity index (χ0v) is 13.0. The lowest BCUT2D eigenvalue weighted by atomic mass is 9.98. The fourth-order valence-electron chi connectivity index (χ4n) is 2.56. The highest BCUT2D eigenvalue weighted by atomic mass is 35.5. The van der Waals surface area contributed by atoms with Crippen molar-refractivity contribution in [2.24, 2.45) is 0 Å². The number of hydrogen-bond donors (Lipinski definition) is 1. The van der Waals surface area contributed by atoms with Gasteiger partial charge >= 0.3 is 0 Å². The van der Waals surface area contributed by atoms with Crippen LogP contribution in [0.3, 0.4) is 0 Å². The predicted octanol–water partition coefficient (Wildman–Crippen LogP) is 5.15. The molecule has 0 aromatic heterocycles. The predicted molar refractivity (Wildman–Crippen MR) is 87.2 cm³/mol. The molecule has 0 heterocycles. The van der Waals surface area contributed by atoms with E-state index in [1.54, 1.807) is 6.07 Å². The fourth-order valence-corrected chi connectivity index (χ4v) is 2.74. The molecule has 0 aliphatic heterocycles. The lowest BCUT2D eigenvalue weighted by Crippen LogP contribution is -2.22. The van der Waals surface area contributed by atoms with E-state index in [9.17, 15) is 4.39 Å². The van der Waals surface area contributed by atoms with Gasteiger partial charge in [-0.3, -0.25) is 0 Å². The van der Waals surface area contributed by atoms with Crippen molar-refractivity contribution >= 4 is 11.6 Å². The van der Waals surface area contributed by atoms with Crippen molar-refractivity contribution < 1.29 is 4.39 Å². The van der Waals surface area contributed by atoms with Gasteiger partial charge in [0.05, 0.1) is 5.02 Å². The molecule has 0 fully saturated rings. The van der Waals surface area contributed by atoms with Crippen LogP contribution in [0, 0.1) is 5.82 Å². The fraction of sp³-hybridized carbons (Fsp3) is 0.333. The molecule has 112 valence electrons. The van der Waals surface area contributed by atoms with Crippen molar-refractivity contribution in [1.29, 1.82) is 0 Å². The van der Waals surface area contributed by atoms with E-state index in [-0.39, 0.29) is 16.9 Å².